The number of hydrogen-bond acceptors (Lipinski definition) is 2. The average molecular weight is 270 g/mol. The van der Waals surface area contributed by atoms with E-state index in [0.29, 0.717) is 6.04 Å². The molecule has 0 saturated carbocycles. The minimum atomic E-state index is 0.0839. The molecule has 0 radical (unpaired) electrons. The lowest BCUT2D eigenvalue weighted by Crippen LogP contribution is -2.25. The Hall–Kier alpha value is -0.830. The summed E-state index contributed by atoms with van der Waals surface area (Å²) in [6, 6.07) is 6.26. The van der Waals surface area contributed by atoms with Crippen LogP contribution in [0.2, 0.25) is 0 Å². The van der Waals surface area contributed by atoms with E-state index in [2.05, 4.69) is 34.7 Å². The van der Waals surface area contributed by atoms with Crippen LogP contribution in [0.25, 0.3) is 0 Å². The predicted molar refractivity (Wildman–Crippen MR) is 67.7 cm³/mol. The maximum absolute atomic E-state index is 11.2. The first-order valence-corrected chi connectivity index (χ1v) is 5.76. The Morgan fingerprint density at radius 1 is 1.40 bits per heavy atom. The molecule has 0 aliphatic carbocycles. The minimum absolute atomic E-state index is 0.0839. The zero-order chi connectivity index (χ0) is 11.6. The topological polar surface area (TPSA) is 20.3 Å². The van der Waals surface area contributed by atoms with Gasteiger partial charge in [-0.2, -0.15) is 0 Å². The summed E-state index contributed by atoms with van der Waals surface area (Å²) in [7, 11) is 2.04. The van der Waals surface area contributed by atoms with Gasteiger partial charge in [0.1, 0.15) is 0 Å². The van der Waals surface area contributed by atoms with E-state index in [-0.39, 0.29) is 5.78 Å². The van der Waals surface area contributed by atoms with Gasteiger partial charge in [0.25, 0.3) is 0 Å². The molecule has 0 bridgehead atoms. The number of ketones is 1. The third-order valence-electron chi connectivity index (χ3n) is 2.51. The zero-order valence-electron chi connectivity index (χ0n) is 9.54. The van der Waals surface area contributed by atoms with Crippen molar-refractivity contribution >= 4 is 27.4 Å². The molecule has 0 atom stereocenters. The van der Waals surface area contributed by atoms with E-state index >= 15 is 0 Å². The smallest absolute Gasteiger partial charge is 0.160 e. The second-order valence-corrected chi connectivity index (χ2v) is 4.78. The number of carbonyl (C=O) groups excluding carboxylic acids is 1. The highest BCUT2D eigenvalue weighted by molar-refractivity contribution is 9.10. The molecule has 0 N–H and O–H groups in total. The van der Waals surface area contributed by atoms with E-state index in [1.165, 1.54) is 0 Å². The van der Waals surface area contributed by atoms with Crippen LogP contribution in [0.3, 0.4) is 0 Å². The summed E-state index contributed by atoms with van der Waals surface area (Å²) < 4.78 is 0.861. The Labute approximate surface area is 99.4 Å². The summed E-state index contributed by atoms with van der Waals surface area (Å²) in [5.41, 5.74) is 1.85. The van der Waals surface area contributed by atoms with Crippen LogP contribution < -0.4 is 4.90 Å². The second-order valence-electron chi connectivity index (χ2n) is 3.92. The number of halogens is 1. The molecule has 1 rings (SSSR count). The maximum Gasteiger partial charge on any atom is 0.160 e. The molecule has 0 heterocycles. The number of nitrogens with zero attached hydrogens (tertiary/aromatic N) is 1. The van der Waals surface area contributed by atoms with E-state index in [4.69, 9.17) is 0 Å². The molecule has 0 fully saturated rings. The fraction of sp³-hybridized carbons (Fsp3) is 0.417. The Morgan fingerprint density at radius 2 is 2.00 bits per heavy atom. The maximum atomic E-state index is 11.2. The van der Waals surface area contributed by atoms with E-state index in [9.17, 15) is 4.79 Å². The van der Waals surface area contributed by atoms with Gasteiger partial charge in [0.15, 0.2) is 5.78 Å². The van der Waals surface area contributed by atoms with Gasteiger partial charge in [-0.1, -0.05) is 0 Å². The van der Waals surface area contributed by atoms with Crippen LogP contribution in [0.5, 0.6) is 0 Å². The molecule has 3 heteroatoms. The van der Waals surface area contributed by atoms with Gasteiger partial charge < -0.3 is 4.90 Å². The van der Waals surface area contributed by atoms with Crippen LogP contribution in [0.15, 0.2) is 22.7 Å². The second kappa shape index (κ2) is 4.79. The van der Waals surface area contributed by atoms with Gasteiger partial charge in [0, 0.05) is 28.8 Å². The standard InChI is InChI=1S/C12H16BrNO/c1-8(2)14(4)10-5-6-11(9(3)15)12(13)7-10/h5-8H,1-4H3. The fourth-order valence-corrected chi connectivity index (χ4v) is 1.95. The number of hydrogen-bond donors (Lipinski definition) is 0. The van der Waals surface area contributed by atoms with Crippen molar-refractivity contribution in [1.29, 1.82) is 0 Å². The third kappa shape index (κ3) is 2.81. The normalized spacial score (nSPS) is 10.5. The Morgan fingerprint density at radius 3 is 2.40 bits per heavy atom. The van der Waals surface area contributed by atoms with Gasteiger partial charge in [-0.15, -0.1) is 0 Å². The zero-order valence-corrected chi connectivity index (χ0v) is 11.1. The van der Waals surface area contributed by atoms with E-state index in [0.717, 1.165) is 15.7 Å². The molecule has 0 aliphatic heterocycles. The van der Waals surface area contributed by atoms with Crippen LogP contribution in [0.1, 0.15) is 31.1 Å². The molecule has 0 amide bonds. The number of carbonyl (C=O) groups is 1. The number of anilines is 1. The number of rotatable bonds is 3. The van der Waals surface area contributed by atoms with Crippen molar-refractivity contribution in [1.82, 2.24) is 0 Å². The van der Waals surface area contributed by atoms with Crippen LogP contribution in [-0.4, -0.2) is 18.9 Å². The van der Waals surface area contributed by atoms with Gasteiger partial charge in [-0.25, -0.2) is 0 Å². The molecule has 1 aromatic rings. The van der Waals surface area contributed by atoms with Crippen LogP contribution in [0, 0.1) is 0 Å². The molecule has 1 aromatic carbocycles. The van der Waals surface area contributed by atoms with Crippen molar-refractivity contribution in [3.05, 3.63) is 28.2 Å². The Bertz CT molecular complexity index is 374. The quantitative estimate of drug-likeness (QED) is 0.783. The van der Waals surface area contributed by atoms with Crippen molar-refractivity contribution in [3.8, 4) is 0 Å². The molecule has 0 spiro atoms. The van der Waals surface area contributed by atoms with Crippen molar-refractivity contribution in [3.63, 3.8) is 0 Å². The Kier molecular flexibility index (Phi) is 3.91. The van der Waals surface area contributed by atoms with Crippen molar-refractivity contribution in [2.45, 2.75) is 26.8 Å². The largest absolute Gasteiger partial charge is 0.372 e. The molecule has 0 unspecified atom stereocenters. The highest BCUT2D eigenvalue weighted by atomic mass is 79.9. The van der Waals surface area contributed by atoms with Crippen molar-refractivity contribution < 1.29 is 4.79 Å². The molecular weight excluding hydrogens is 254 g/mol. The van der Waals surface area contributed by atoms with Crippen molar-refractivity contribution in [2.75, 3.05) is 11.9 Å². The first-order valence-electron chi connectivity index (χ1n) is 4.96. The van der Waals surface area contributed by atoms with Gasteiger partial charge in [0.2, 0.25) is 0 Å². The van der Waals surface area contributed by atoms with Crippen LogP contribution in [-0.2, 0) is 0 Å². The molecule has 0 aliphatic rings. The summed E-state index contributed by atoms with van der Waals surface area (Å²) in [4.78, 5) is 13.4. The lowest BCUT2D eigenvalue weighted by atomic mass is 10.1. The van der Waals surface area contributed by atoms with Gasteiger partial charge in [0.05, 0.1) is 0 Å². The predicted octanol–water partition coefficient (Wildman–Crippen LogP) is 3.50. The lowest BCUT2D eigenvalue weighted by molar-refractivity contribution is 0.101. The summed E-state index contributed by atoms with van der Waals surface area (Å²) >= 11 is 3.42. The first kappa shape index (κ1) is 12.2. The van der Waals surface area contributed by atoms with Crippen molar-refractivity contribution in [2.24, 2.45) is 0 Å². The summed E-state index contributed by atoms with van der Waals surface area (Å²) in [6.07, 6.45) is 0. The van der Waals surface area contributed by atoms with Gasteiger partial charge in [-0.3, -0.25) is 4.79 Å². The first-order chi connectivity index (χ1) is 6.93. The van der Waals surface area contributed by atoms with E-state index in [1.54, 1.807) is 6.92 Å². The number of benzene rings is 1. The monoisotopic (exact) mass is 269 g/mol. The van der Waals surface area contributed by atoms with Gasteiger partial charge in [-0.05, 0) is 54.9 Å². The third-order valence-corrected chi connectivity index (χ3v) is 3.17. The molecule has 0 aromatic heterocycles. The van der Waals surface area contributed by atoms with Crippen LogP contribution in [0.4, 0.5) is 5.69 Å². The molecule has 82 valence electrons. The molecular formula is C12H16BrNO. The lowest BCUT2D eigenvalue weighted by Gasteiger charge is -2.24. The Balaban J connectivity index is 3.06. The average Bonchev–Trinajstić information content (AvgIpc) is 2.15. The molecule has 0 saturated heterocycles. The van der Waals surface area contributed by atoms with Gasteiger partial charge >= 0.3 is 0 Å². The van der Waals surface area contributed by atoms with E-state index < -0.39 is 0 Å². The highest BCUT2D eigenvalue weighted by Gasteiger charge is 2.09. The fourth-order valence-electron chi connectivity index (χ4n) is 1.31. The summed E-state index contributed by atoms with van der Waals surface area (Å²) in [5, 5.41) is 0. The SMILES string of the molecule is CC(=O)c1ccc(N(C)C(C)C)cc1Br. The summed E-state index contributed by atoms with van der Waals surface area (Å²) in [6.45, 7) is 5.84. The number of Topliss-reactive ketones (excluding diaryl/α,β-unsaturated/α-hetero) is 1. The highest BCUT2D eigenvalue weighted by Crippen LogP contribution is 2.24. The van der Waals surface area contributed by atoms with Crippen LogP contribution >= 0.6 is 15.9 Å². The minimum Gasteiger partial charge on any atom is -0.372 e. The molecule has 15 heavy (non-hydrogen) atoms. The van der Waals surface area contributed by atoms with E-state index in [1.807, 2.05) is 25.2 Å². The molecule has 2 nitrogen and oxygen atoms in total. The summed E-state index contributed by atoms with van der Waals surface area (Å²) in [5.74, 6) is 0.0839.